The molecule has 2 rings (SSSR count). The van der Waals surface area contributed by atoms with Crippen LogP contribution < -0.4 is 5.73 Å². The number of hydrogen-bond acceptors (Lipinski definition) is 4. The molecule has 0 radical (unpaired) electrons. The third-order valence-electron chi connectivity index (χ3n) is 2.73. The molecule has 0 unspecified atom stereocenters. The number of ether oxygens (including phenoxy) is 1. The maximum Gasteiger partial charge on any atom is 0.162 e. The van der Waals surface area contributed by atoms with Crippen molar-refractivity contribution in [3.63, 3.8) is 0 Å². The SMILES string of the molecule is CCc1ccccc1-c1nc(N)cc(COC)n1. The number of aromatic nitrogens is 2. The Kier molecular flexibility index (Phi) is 3.89. The minimum atomic E-state index is 0.439. The molecule has 1 aromatic heterocycles. The highest BCUT2D eigenvalue weighted by atomic mass is 16.5. The molecule has 18 heavy (non-hydrogen) atoms. The Morgan fingerprint density at radius 2 is 2.00 bits per heavy atom. The van der Waals surface area contributed by atoms with E-state index in [4.69, 9.17) is 10.5 Å². The lowest BCUT2D eigenvalue weighted by Gasteiger charge is -2.08. The summed E-state index contributed by atoms with van der Waals surface area (Å²) >= 11 is 0. The highest BCUT2D eigenvalue weighted by Crippen LogP contribution is 2.22. The van der Waals surface area contributed by atoms with Gasteiger partial charge in [-0.15, -0.1) is 0 Å². The standard InChI is InChI=1S/C14H17N3O/c1-3-10-6-4-5-7-12(10)14-16-11(9-18-2)8-13(15)17-14/h4-8H,3,9H2,1-2H3,(H2,15,16,17). The van der Waals surface area contributed by atoms with E-state index < -0.39 is 0 Å². The van der Waals surface area contributed by atoms with Crippen LogP contribution in [0.5, 0.6) is 0 Å². The number of nitrogens with two attached hydrogens (primary N) is 1. The fourth-order valence-corrected chi connectivity index (χ4v) is 1.91. The number of aryl methyl sites for hydroxylation is 1. The van der Waals surface area contributed by atoms with Gasteiger partial charge in [-0.25, -0.2) is 9.97 Å². The third kappa shape index (κ3) is 2.65. The van der Waals surface area contributed by atoms with Gasteiger partial charge in [0.1, 0.15) is 5.82 Å². The van der Waals surface area contributed by atoms with E-state index >= 15 is 0 Å². The van der Waals surface area contributed by atoms with E-state index in [2.05, 4.69) is 23.0 Å². The molecule has 0 bridgehead atoms. The highest BCUT2D eigenvalue weighted by molar-refractivity contribution is 5.61. The second kappa shape index (κ2) is 5.60. The van der Waals surface area contributed by atoms with Crippen LogP contribution in [0.2, 0.25) is 0 Å². The van der Waals surface area contributed by atoms with E-state index in [9.17, 15) is 0 Å². The van der Waals surface area contributed by atoms with Crippen LogP contribution >= 0.6 is 0 Å². The molecule has 0 saturated heterocycles. The predicted octanol–water partition coefficient (Wildman–Crippen LogP) is 2.43. The van der Waals surface area contributed by atoms with Gasteiger partial charge in [0.15, 0.2) is 5.82 Å². The lowest BCUT2D eigenvalue weighted by molar-refractivity contribution is 0.181. The third-order valence-corrected chi connectivity index (χ3v) is 2.73. The van der Waals surface area contributed by atoms with Crippen LogP contribution in [-0.4, -0.2) is 17.1 Å². The fourth-order valence-electron chi connectivity index (χ4n) is 1.91. The Labute approximate surface area is 107 Å². The van der Waals surface area contributed by atoms with Crippen LogP contribution in [-0.2, 0) is 17.8 Å². The molecule has 0 aliphatic rings. The lowest BCUT2D eigenvalue weighted by atomic mass is 10.0. The molecule has 0 saturated carbocycles. The number of anilines is 1. The van der Waals surface area contributed by atoms with Crippen LogP contribution in [0.25, 0.3) is 11.4 Å². The largest absolute Gasteiger partial charge is 0.384 e. The molecule has 94 valence electrons. The summed E-state index contributed by atoms with van der Waals surface area (Å²) in [6.07, 6.45) is 0.938. The van der Waals surface area contributed by atoms with Crippen molar-refractivity contribution in [3.8, 4) is 11.4 Å². The highest BCUT2D eigenvalue weighted by Gasteiger charge is 2.08. The molecule has 4 nitrogen and oxygen atoms in total. The summed E-state index contributed by atoms with van der Waals surface area (Å²) < 4.78 is 5.08. The number of rotatable bonds is 4. The Balaban J connectivity index is 2.49. The van der Waals surface area contributed by atoms with Crippen LogP contribution in [0.1, 0.15) is 18.2 Å². The second-order valence-electron chi connectivity index (χ2n) is 4.05. The predicted molar refractivity (Wildman–Crippen MR) is 72.0 cm³/mol. The zero-order valence-corrected chi connectivity index (χ0v) is 10.7. The Morgan fingerprint density at radius 1 is 1.22 bits per heavy atom. The molecule has 1 aromatic carbocycles. The Hall–Kier alpha value is -1.94. The van der Waals surface area contributed by atoms with Crippen LogP contribution in [0, 0.1) is 0 Å². The van der Waals surface area contributed by atoms with Crippen molar-refractivity contribution >= 4 is 5.82 Å². The fraction of sp³-hybridized carbons (Fsp3) is 0.286. The number of hydrogen-bond donors (Lipinski definition) is 1. The van der Waals surface area contributed by atoms with Crippen molar-refractivity contribution in [2.45, 2.75) is 20.0 Å². The van der Waals surface area contributed by atoms with Crippen LogP contribution in [0.3, 0.4) is 0 Å². The first-order valence-corrected chi connectivity index (χ1v) is 5.95. The second-order valence-corrected chi connectivity index (χ2v) is 4.05. The van der Waals surface area contributed by atoms with Gasteiger partial charge in [0.05, 0.1) is 12.3 Å². The van der Waals surface area contributed by atoms with Crippen molar-refractivity contribution in [2.24, 2.45) is 0 Å². The van der Waals surface area contributed by atoms with Crippen molar-refractivity contribution in [1.29, 1.82) is 0 Å². The van der Waals surface area contributed by atoms with Gasteiger partial charge in [-0.1, -0.05) is 31.2 Å². The van der Waals surface area contributed by atoms with Crippen molar-refractivity contribution in [2.75, 3.05) is 12.8 Å². The molecule has 0 aliphatic heterocycles. The van der Waals surface area contributed by atoms with Gasteiger partial charge in [0.2, 0.25) is 0 Å². The van der Waals surface area contributed by atoms with E-state index in [1.54, 1.807) is 13.2 Å². The summed E-state index contributed by atoms with van der Waals surface area (Å²) in [5, 5.41) is 0. The summed E-state index contributed by atoms with van der Waals surface area (Å²) in [6, 6.07) is 9.84. The van der Waals surface area contributed by atoms with E-state index in [0.717, 1.165) is 17.7 Å². The smallest absolute Gasteiger partial charge is 0.162 e. The summed E-state index contributed by atoms with van der Waals surface area (Å²) in [4.78, 5) is 8.79. The molecular formula is C14H17N3O. The molecule has 2 aromatic rings. The maximum absolute atomic E-state index is 5.81. The quantitative estimate of drug-likeness (QED) is 0.896. The van der Waals surface area contributed by atoms with E-state index in [0.29, 0.717) is 18.2 Å². The molecule has 0 aliphatic carbocycles. The monoisotopic (exact) mass is 243 g/mol. The van der Waals surface area contributed by atoms with Gasteiger partial charge in [0, 0.05) is 18.7 Å². The van der Waals surface area contributed by atoms with E-state index in [1.165, 1.54) is 5.56 Å². The van der Waals surface area contributed by atoms with Gasteiger partial charge in [-0.05, 0) is 12.0 Å². The lowest BCUT2D eigenvalue weighted by Crippen LogP contribution is -2.02. The average molecular weight is 243 g/mol. The molecule has 0 amide bonds. The van der Waals surface area contributed by atoms with E-state index in [-0.39, 0.29) is 0 Å². The van der Waals surface area contributed by atoms with Crippen molar-refractivity contribution < 1.29 is 4.74 Å². The zero-order valence-electron chi connectivity index (χ0n) is 10.7. The number of nitrogen functional groups attached to an aromatic ring is 1. The van der Waals surface area contributed by atoms with Gasteiger partial charge in [-0.3, -0.25) is 0 Å². The minimum absolute atomic E-state index is 0.439. The molecular weight excluding hydrogens is 226 g/mol. The molecule has 4 heteroatoms. The van der Waals surface area contributed by atoms with Crippen molar-refractivity contribution in [1.82, 2.24) is 9.97 Å². The molecule has 0 spiro atoms. The Morgan fingerprint density at radius 3 is 2.72 bits per heavy atom. The molecule has 2 N–H and O–H groups in total. The van der Waals surface area contributed by atoms with Crippen molar-refractivity contribution in [3.05, 3.63) is 41.6 Å². The normalized spacial score (nSPS) is 10.6. The number of methoxy groups -OCH3 is 1. The van der Waals surface area contributed by atoms with Gasteiger partial charge < -0.3 is 10.5 Å². The maximum atomic E-state index is 5.81. The molecule has 0 fully saturated rings. The molecule has 1 heterocycles. The first-order valence-electron chi connectivity index (χ1n) is 5.95. The van der Waals surface area contributed by atoms with Crippen LogP contribution in [0.4, 0.5) is 5.82 Å². The minimum Gasteiger partial charge on any atom is -0.384 e. The molecule has 0 atom stereocenters. The summed E-state index contributed by atoms with van der Waals surface area (Å²) in [5.41, 5.74) is 8.86. The van der Waals surface area contributed by atoms with Gasteiger partial charge in [-0.2, -0.15) is 0 Å². The Bertz CT molecular complexity index is 540. The number of benzene rings is 1. The summed E-state index contributed by atoms with van der Waals surface area (Å²) in [5.74, 6) is 1.14. The summed E-state index contributed by atoms with van der Waals surface area (Å²) in [6.45, 7) is 2.55. The van der Waals surface area contributed by atoms with Gasteiger partial charge in [0.25, 0.3) is 0 Å². The number of nitrogens with zero attached hydrogens (tertiary/aromatic N) is 2. The average Bonchev–Trinajstić information content (AvgIpc) is 2.38. The first-order chi connectivity index (χ1) is 8.74. The van der Waals surface area contributed by atoms with E-state index in [1.807, 2.05) is 18.2 Å². The van der Waals surface area contributed by atoms with Crippen LogP contribution in [0.15, 0.2) is 30.3 Å². The topological polar surface area (TPSA) is 61.0 Å². The first kappa shape index (κ1) is 12.5. The summed E-state index contributed by atoms with van der Waals surface area (Å²) in [7, 11) is 1.64. The zero-order chi connectivity index (χ0) is 13.0. The van der Waals surface area contributed by atoms with Gasteiger partial charge >= 0.3 is 0 Å².